The van der Waals surface area contributed by atoms with Gasteiger partial charge in [-0.05, 0) is 107 Å². The molecule has 0 aliphatic carbocycles. The van der Waals surface area contributed by atoms with Crippen LogP contribution in [0, 0.1) is 18.8 Å². The molecular formula is C57H78BrClN8O15. The second-order valence-corrected chi connectivity index (χ2v) is 22.2. The summed E-state index contributed by atoms with van der Waals surface area (Å²) in [6.45, 7) is 14.4. The maximum atomic E-state index is 14.4. The molecule has 0 radical (unpaired) electrons. The van der Waals surface area contributed by atoms with Crippen LogP contribution in [0.25, 0.3) is 0 Å². The SMILES string of the molecule is C=C(CBr)C(=O)OCCCCCC(=O)N[C@H](C(=O)N[C@@H](CCCNC(N)=O)C(=O)Nc1ccc(NC(=O)O[C@H]2CC(=O)N(C)c3cc(cc(OC)c3Cl)C/C(C)=C/C=C/[C@@H](OC)[C@@]3(O)C[C@H](OC(=O)N3)[C@@H](C)[C@@H]3O[C@@]23C)c(C)c1)C(C)C. The fraction of sp³-hybridized carbons (Fsp3) is 0.544. The molecule has 8 amide bonds. The Balaban J connectivity index is 1.32. The van der Waals surface area contributed by atoms with Crippen LogP contribution in [0.15, 0.2) is 66.3 Å². The van der Waals surface area contributed by atoms with Gasteiger partial charge in [-0.3, -0.25) is 29.8 Å². The topological polar surface area (TPSA) is 317 Å². The lowest BCUT2D eigenvalue weighted by atomic mass is 9.83. The molecule has 0 unspecified atom stereocenters. The minimum absolute atomic E-state index is 0.0678. The molecule has 0 spiro atoms. The molecule has 25 heteroatoms. The molecule has 5 rings (SSSR count). The molecule has 9 atom stereocenters. The lowest BCUT2D eigenvalue weighted by Gasteiger charge is -2.42. The molecule has 9 N–H and O–H groups in total. The van der Waals surface area contributed by atoms with Gasteiger partial charge in [-0.2, -0.15) is 0 Å². The van der Waals surface area contributed by atoms with Gasteiger partial charge in [0.25, 0.3) is 0 Å². The number of unbranched alkanes of at least 4 members (excludes halogenated alkanes) is 2. The molecule has 0 saturated carbocycles. The second kappa shape index (κ2) is 30.0. The maximum Gasteiger partial charge on any atom is 0.412 e. The third kappa shape index (κ3) is 18.1. The first kappa shape index (κ1) is 66.1. The predicted octanol–water partition coefficient (Wildman–Crippen LogP) is 6.75. The van der Waals surface area contributed by atoms with Gasteiger partial charge in [-0.25, -0.2) is 19.2 Å². The summed E-state index contributed by atoms with van der Waals surface area (Å²) < 4.78 is 34.6. The lowest BCUT2D eigenvalue weighted by Crippen LogP contribution is -2.63. The number of methoxy groups -OCH3 is 2. The lowest BCUT2D eigenvalue weighted by molar-refractivity contribution is -0.142. The molecule has 4 bridgehead atoms. The Kier molecular flexibility index (Phi) is 24.2. The zero-order valence-electron chi connectivity index (χ0n) is 47.9. The third-order valence-corrected chi connectivity index (χ3v) is 15.6. The van der Waals surface area contributed by atoms with Crippen molar-refractivity contribution < 1.29 is 71.9 Å². The summed E-state index contributed by atoms with van der Waals surface area (Å²) in [5, 5.41) is 28.4. The van der Waals surface area contributed by atoms with E-state index in [9.17, 15) is 43.5 Å². The number of rotatable bonds is 22. The van der Waals surface area contributed by atoms with Gasteiger partial charge in [-0.15, -0.1) is 0 Å². The maximum absolute atomic E-state index is 14.4. The van der Waals surface area contributed by atoms with Gasteiger partial charge in [-0.1, -0.05) is 78.7 Å². The number of nitrogens with one attached hydrogen (secondary N) is 6. The quantitative estimate of drug-likeness (QED) is 0.0151. The van der Waals surface area contributed by atoms with Crippen molar-refractivity contribution in [3.05, 3.63) is 82.4 Å². The third-order valence-electron chi connectivity index (χ3n) is 14.5. The molecule has 2 fully saturated rings. The van der Waals surface area contributed by atoms with E-state index in [0.29, 0.717) is 59.3 Å². The highest BCUT2D eigenvalue weighted by Gasteiger charge is 2.64. The van der Waals surface area contributed by atoms with E-state index >= 15 is 0 Å². The van der Waals surface area contributed by atoms with E-state index in [1.165, 1.54) is 31.3 Å². The number of urea groups is 1. The van der Waals surface area contributed by atoms with Gasteiger partial charge in [0, 0.05) is 61.7 Å². The van der Waals surface area contributed by atoms with Crippen molar-refractivity contribution in [2.24, 2.45) is 17.6 Å². The van der Waals surface area contributed by atoms with Gasteiger partial charge in [0.2, 0.25) is 23.6 Å². The minimum atomic E-state index is -1.90. The first-order chi connectivity index (χ1) is 38.7. The standard InChI is InChI=1S/C57H78BrClN8O15/c1-31(2)48(65-45(68)19-12-11-13-23-79-52(72)34(5)30-58)51(71)63-39(17-15-22-61-53(60)73)50(70)62-37-20-21-38(33(4)25-37)64-54(74)81-44-28-46(69)67(8)40-26-36(27-41(77-9)47(40)59)24-32(3)16-14-18-43(78-10)57(76)29-42(80-55(75)66-57)35(6)49-56(44,7)82-49/h14,16,18,20-21,25-27,31,35,39,42-44,48-49,76H,5,11-13,15,17,19,22-24,28-30H2,1-4,6-10H3,(H,62,70)(H,63,71)(H,64,74)(H,65,68)(H,66,75)(H3,60,61,73)/b18-14+,32-16+/t35-,39+,42+,43-,44+,48+,49+,56+,57+/m1/s1. The van der Waals surface area contributed by atoms with E-state index < -0.39 is 102 Å². The van der Waals surface area contributed by atoms with Gasteiger partial charge < -0.3 is 65.4 Å². The number of esters is 1. The summed E-state index contributed by atoms with van der Waals surface area (Å²) in [5.74, 6) is -3.26. The van der Waals surface area contributed by atoms with Crippen LogP contribution in [0.1, 0.15) is 97.1 Å². The Morgan fingerprint density at radius 3 is 2.41 bits per heavy atom. The average molecular weight is 1230 g/mol. The number of nitrogens with zero attached hydrogens (tertiary/aromatic N) is 1. The number of ether oxygens (including phenoxy) is 6. The minimum Gasteiger partial charge on any atom is -0.495 e. The van der Waals surface area contributed by atoms with Gasteiger partial charge in [0.05, 0.1) is 31.9 Å². The number of epoxide rings is 1. The summed E-state index contributed by atoms with van der Waals surface area (Å²) in [5.41, 5.74) is 5.34. The van der Waals surface area contributed by atoms with E-state index in [2.05, 4.69) is 54.4 Å². The number of hydrogen-bond acceptors (Lipinski definition) is 15. The fourth-order valence-corrected chi connectivity index (χ4v) is 10.2. The first-order valence-electron chi connectivity index (χ1n) is 27.1. The highest BCUT2D eigenvalue weighted by molar-refractivity contribution is 9.09. The Labute approximate surface area is 491 Å². The van der Waals surface area contributed by atoms with E-state index in [-0.39, 0.29) is 61.4 Å². The number of carbonyl (C=O) groups is 8. The first-order valence-corrected chi connectivity index (χ1v) is 28.6. The number of carbonyl (C=O) groups excluding carboxylic acids is 8. The smallest absolute Gasteiger partial charge is 0.412 e. The second-order valence-electron chi connectivity index (χ2n) is 21.3. The number of primary amides is 1. The average Bonchev–Trinajstić information content (AvgIpc) is 3.49. The summed E-state index contributed by atoms with van der Waals surface area (Å²) >= 11 is 10.00. The van der Waals surface area contributed by atoms with Crippen LogP contribution in [-0.4, -0.2) is 140 Å². The van der Waals surface area contributed by atoms with Crippen molar-refractivity contribution in [3.63, 3.8) is 0 Å². The number of benzene rings is 2. The number of nitrogens with two attached hydrogens (primary N) is 1. The molecule has 2 aromatic carbocycles. The molecule has 3 heterocycles. The zero-order valence-corrected chi connectivity index (χ0v) is 50.2. The van der Waals surface area contributed by atoms with E-state index in [1.54, 1.807) is 72.0 Å². The molecule has 3 aliphatic heterocycles. The van der Waals surface area contributed by atoms with Crippen molar-refractivity contribution in [1.29, 1.82) is 0 Å². The number of fused-ring (bicyclic) bond motifs is 5. The molecule has 450 valence electrons. The molecule has 0 aromatic heterocycles. The molecule has 2 saturated heterocycles. The highest BCUT2D eigenvalue weighted by Crippen LogP contribution is 2.49. The van der Waals surface area contributed by atoms with Crippen molar-refractivity contribution in [3.8, 4) is 5.75 Å². The number of hydrogen-bond donors (Lipinski definition) is 8. The summed E-state index contributed by atoms with van der Waals surface area (Å²) in [6, 6.07) is 5.24. The number of aliphatic hydroxyl groups is 1. The number of anilines is 3. The van der Waals surface area contributed by atoms with Crippen LogP contribution in [0.4, 0.5) is 31.4 Å². The van der Waals surface area contributed by atoms with Crippen LogP contribution >= 0.6 is 27.5 Å². The number of halogens is 2. The molecular weight excluding hydrogens is 1150 g/mol. The normalized spacial score (nSPS) is 24.3. The van der Waals surface area contributed by atoms with Gasteiger partial charge in [0.1, 0.15) is 46.8 Å². The number of allylic oxidation sites excluding steroid dienone is 3. The molecule has 2 aromatic rings. The van der Waals surface area contributed by atoms with Crippen LogP contribution in [0.3, 0.4) is 0 Å². The Bertz CT molecular complexity index is 2760. The zero-order chi connectivity index (χ0) is 60.6. The Morgan fingerprint density at radius 1 is 1.02 bits per heavy atom. The van der Waals surface area contributed by atoms with Crippen LogP contribution in [-0.2, 0) is 54.1 Å². The fourth-order valence-electron chi connectivity index (χ4n) is 9.70. The van der Waals surface area contributed by atoms with Gasteiger partial charge >= 0.3 is 24.2 Å². The number of alkyl carbamates (subject to hydrolysis) is 1. The van der Waals surface area contributed by atoms with Crippen molar-refractivity contribution in [2.45, 2.75) is 147 Å². The van der Waals surface area contributed by atoms with Crippen molar-refractivity contribution in [2.75, 3.05) is 55.3 Å². The summed E-state index contributed by atoms with van der Waals surface area (Å²) in [6.07, 6.45) is 1.29. The van der Waals surface area contributed by atoms with Crippen molar-refractivity contribution in [1.82, 2.24) is 21.3 Å². The van der Waals surface area contributed by atoms with Crippen molar-refractivity contribution >= 4 is 92.4 Å². The Hall–Kier alpha value is -6.73. The van der Waals surface area contributed by atoms with E-state index in [4.69, 9.17) is 45.8 Å². The predicted molar refractivity (Wildman–Crippen MR) is 310 cm³/mol. The summed E-state index contributed by atoms with van der Waals surface area (Å²) in [7, 11) is 4.41. The number of alkyl halides is 1. The molecule has 3 aliphatic rings. The van der Waals surface area contributed by atoms with Crippen LogP contribution in [0.2, 0.25) is 5.02 Å². The Morgan fingerprint density at radius 2 is 1.76 bits per heavy atom. The number of aryl methyl sites for hydroxylation is 1. The largest absolute Gasteiger partial charge is 0.495 e. The van der Waals surface area contributed by atoms with E-state index in [1.807, 2.05) is 13.0 Å². The number of amides is 8. The highest BCUT2D eigenvalue weighted by atomic mass is 79.9. The molecule has 23 nitrogen and oxygen atoms in total. The van der Waals surface area contributed by atoms with E-state index in [0.717, 1.165) is 11.1 Å². The van der Waals surface area contributed by atoms with Gasteiger partial charge in [0.15, 0.2) is 5.72 Å². The van der Waals surface area contributed by atoms with Crippen LogP contribution < -0.4 is 47.3 Å². The summed E-state index contributed by atoms with van der Waals surface area (Å²) in [4.78, 5) is 107. The molecule has 82 heavy (non-hydrogen) atoms. The van der Waals surface area contributed by atoms with Crippen LogP contribution in [0.5, 0.6) is 5.75 Å². The monoisotopic (exact) mass is 1230 g/mol.